The first kappa shape index (κ1) is 10.6. The fourth-order valence-electron chi connectivity index (χ4n) is 1.11. The number of hydrogen-bond acceptors (Lipinski definition) is 2. The normalized spacial score (nSPS) is 10.2. The number of benzene rings is 1. The van der Waals surface area contributed by atoms with Crippen molar-refractivity contribution >= 4 is 23.2 Å². The molecule has 1 N–H and O–H groups in total. The van der Waals surface area contributed by atoms with E-state index in [-0.39, 0.29) is 0 Å². The van der Waals surface area contributed by atoms with E-state index in [9.17, 15) is 0 Å². The van der Waals surface area contributed by atoms with E-state index in [1.807, 2.05) is 19.2 Å². The van der Waals surface area contributed by atoms with Crippen LogP contribution in [0.1, 0.15) is 5.56 Å². The summed E-state index contributed by atoms with van der Waals surface area (Å²) < 4.78 is 5.02. The average molecular weight is 220 g/mol. The molecule has 0 saturated carbocycles. The van der Waals surface area contributed by atoms with Crippen LogP contribution in [0, 0.1) is 0 Å². The van der Waals surface area contributed by atoms with Gasteiger partial charge in [0, 0.05) is 6.54 Å². The van der Waals surface area contributed by atoms with E-state index in [2.05, 4.69) is 5.32 Å². The Balaban J connectivity index is 3.05. The van der Waals surface area contributed by atoms with Crippen molar-refractivity contribution in [3.63, 3.8) is 0 Å². The summed E-state index contributed by atoms with van der Waals surface area (Å²) in [7, 11) is 3.41. The molecule has 0 fully saturated rings. The molecule has 0 aliphatic carbocycles. The maximum atomic E-state index is 5.93. The molecule has 1 aromatic carbocycles. The highest BCUT2D eigenvalue weighted by Crippen LogP contribution is 2.33. The summed E-state index contributed by atoms with van der Waals surface area (Å²) in [6.07, 6.45) is 0. The Kier molecular flexibility index (Phi) is 3.85. The lowest BCUT2D eigenvalue weighted by Gasteiger charge is -2.08. The zero-order valence-corrected chi connectivity index (χ0v) is 9.04. The van der Waals surface area contributed by atoms with E-state index >= 15 is 0 Å². The highest BCUT2D eigenvalue weighted by molar-refractivity contribution is 6.37. The van der Waals surface area contributed by atoms with E-state index in [0.29, 0.717) is 15.8 Å². The van der Waals surface area contributed by atoms with Crippen molar-refractivity contribution in [1.82, 2.24) is 5.32 Å². The van der Waals surface area contributed by atoms with E-state index in [1.165, 1.54) is 0 Å². The predicted octanol–water partition coefficient (Wildman–Crippen LogP) is 2.72. The van der Waals surface area contributed by atoms with E-state index < -0.39 is 0 Å². The lowest BCUT2D eigenvalue weighted by Crippen LogP contribution is -2.05. The fraction of sp³-hybridized carbons (Fsp3) is 0.333. The molecule has 0 spiro atoms. The van der Waals surface area contributed by atoms with Gasteiger partial charge in [-0.2, -0.15) is 0 Å². The molecule has 1 rings (SSSR count). The Labute approximate surface area is 87.8 Å². The maximum absolute atomic E-state index is 5.93. The van der Waals surface area contributed by atoms with Gasteiger partial charge in [0.25, 0.3) is 0 Å². The second kappa shape index (κ2) is 4.70. The van der Waals surface area contributed by atoms with Gasteiger partial charge < -0.3 is 10.1 Å². The third-order valence-corrected chi connectivity index (χ3v) is 2.20. The quantitative estimate of drug-likeness (QED) is 0.845. The molecule has 72 valence electrons. The zero-order chi connectivity index (χ0) is 9.84. The number of ether oxygens (including phenoxy) is 1. The number of rotatable bonds is 3. The summed E-state index contributed by atoms with van der Waals surface area (Å²) in [6.45, 7) is 0.740. The minimum absolute atomic E-state index is 0.531. The van der Waals surface area contributed by atoms with Crippen LogP contribution in [0.5, 0.6) is 5.75 Å². The first-order valence-corrected chi connectivity index (χ1v) is 4.61. The van der Waals surface area contributed by atoms with Gasteiger partial charge in [-0.05, 0) is 24.7 Å². The topological polar surface area (TPSA) is 21.3 Å². The molecule has 0 amide bonds. The van der Waals surface area contributed by atoms with Crippen LogP contribution in [-0.4, -0.2) is 14.2 Å². The Morgan fingerprint density at radius 1 is 1.31 bits per heavy atom. The summed E-state index contributed by atoms with van der Waals surface area (Å²) in [5.41, 5.74) is 1.04. The fourth-order valence-corrected chi connectivity index (χ4v) is 1.80. The predicted molar refractivity (Wildman–Crippen MR) is 55.8 cm³/mol. The van der Waals surface area contributed by atoms with Crippen molar-refractivity contribution in [2.24, 2.45) is 0 Å². The van der Waals surface area contributed by atoms with E-state index in [4.69, 9.17) is 27.9 Å². The minimum atomic E-state index is 0.531. The van der Waals surface area contributed by atoms with E-state index in [1.54, 1.807) is 7.11 Å². The summed E-state index contributed by atoms with van der Waals surface area (Å²) in [4.78, 5) is 0. The molecule has 0 aliphatic rings. The van der Waals surface area contributed by atoms with Gasteiger partial charge >= 0.3 is 0 Å². The van der Waals surface area contributed by atoms with Crippen molar-refractivity contribution in [1.29, 1.82) is 0 Å². The molecule has 0 heterocycles. The molecular formula is C9H11Cl2NO. The molecule has 0 aromatic heterocycles. The Morgan fingerprint density at radius 2 is 1.85 bits per heavy atom. The second-order valence-electron chi connectivity index (χ2n) is 2.62. The monoisotopic (exact) mass is 219 g/mol. The van der Waals surface area contributed by atoms with Gasteiger partial charge in [-0.15, -0.1) is 0 Å². The molecule has 13 heavy (non-hydrogen) atoms. The molecule has 0 atom stereocenters. The van der Waals surface area contributed by atoms with Gasteiger partial charge in [0.1, 0.15) is 0 Å². The lowest BCUT2D eigenvalue weighted by molar-refractivity contribution is 0.415. The van der Waals surface area contributed by atoms with Gasteiger partial charge in [-0.25, -0.2) is 0 Å². The zero-order valence-electron chi connectivity index (χ0n) is 7.53. The van der Waals surface area contributed by atoms with Crippen LogP contribution < -0.4 is 10.1 Å². The first-order chi connectivity index (χ1) is 6.19. The van der Waals surface area contributed by atoms with Crippen LogP contribution in [0.3, 0.4) is 0 Å². The minimum Gasteiger partial charge on any atom is -0.494 e. The number of halogens is 2. The molecule has 0 aliphatic heterocycles. The Morgan fingerprint density at radius 3 is 2.23 bits per heavy atom. The van der Waals surface area contributed by atoms with Crippen molar-refractivity contribution in [3.05, 3.63) is 27.7 Å². The lowest BCUT2D eigenvalue weighted by atomic mass is 10.2. The Hall–Kier alpha value is -0.440. The summed E-state index contributed by atoms with van der Waals surface area (Å²) in [5.74, 6) is 0.531. The van der Waals surface area contributed by atoms with Crippen LogP contribution in [0.15, 0.2) is 12.1 Å². The third kappa shape index (κ3) is 2.50. The van der Waals surface area contributed by atoms with Crippen molar-refractivity contribution in [3.8, 4) is 5.75 Å². The van der Waals surface area contributed by atoms with Crippen LogP contribution >= 0.6 is 23.2 Å². The smallest absolute Gasteiger partial charge is 0.156 e. The van der Waals surface area contributed by atoms with E-state index in [0.717, 1.165) is 12.1 Å². The van der Waals surface area contributed by atoms with Crippen LogP contribution in [0.25, 0.3) is 0 Å². The standard InChI is InChI=1S/C9H11Cl2NO/c1-12-5-6-3-7(10)9(13-2)8(11)4-6/h3-4,12H,5H2,1-2H3. The summed E-state index contributed by atoms with van der Waals surface area (Å²) in [5, 5.41) is 4.10. The highest BCUT2D eigenvalue weighted by Gasteiger charge is 2.07. The van der Waals surface area contributed by atoms with Gasteiger partial charge in [0.15, 0.2) is 5.75 Å². The molecule has 4 heteroatoms. The maximum Gasteiger partial charge on any atom is 0.156 e. The molecule has 0 bridgehead atoms. The number of methoxy groups -OCH3 is 1. The molecule has 0 saturated heterocycles. The van der Waals surface area contributed by atoms with Gasteiger partial charge in [-0.3, -0.25) is 0 Å². The Bertz CT molecular complexity index is 279. The molecule has 2 nitrogen and oxygen atoms in total. The molecular weight excluding hydrogens is 209 g/mol. The van der Waals surface area contributed by atoms with Gasteiger partial charge in [0.2, 0.25) is 0 Å². The molecule has 0 radical (unpaired) electrons. The molecule has 1 aromatic rings. The number of nitrogens with one attached hydrogen (secondary N) is 1. The van der Waals surface area contributed by atoms with Crippen LogP contribution in [0.2, 0.25) is 10.0 Å². The first-order valence-electron chi connectivity index (χ1n) is 3.85. The van der Waals surface area contributed by atoms with Crippen molar-refractivity contribution in [2.45, 2.75) is 6.54 Å². The summed E-state index contributed by atoms with van der Waals surface area (Å²) in [6, 6.07) is 3.67. The summed E-state index contributed by atoms with van der Waals surface area (Å²) >= 11 is 11.9. The largest absolute Gasteiger partial charge is 0.494 e. The third-order valence-electron chi connectivity index (χ3n) is 1.64. The van der Waals surface area contributed by atoms with Crippen molar-refractivity contribution < 1.29 is 4.74 Å². The number of hydrogen-bond donors (Lipinski definition) is 1. The highest BCUT2D eigenvalue weighted by atomic mass is 35.5. The second-order valence-corrected chi connectivity index (χ2v) is 3.44. The van der Waals surface area contributed by atoms with Crippen molar-refractivity contribution in [2.75, 3.05) is 14.2 Å². The van der Waals surface area contributed by atoms with Crippen LogP contribution in [0.4, 0.5) is 0 Å². The van der Waals surface area contributed by atoms with Crippen LogP contribution in [-0.2, 0) is 6.54 Å². The SMILES string of the molecule is CNCc1cc(Cl)c(OC)c(Cl)c1. The average Bonchev–Trinajstić information content (AvgIpc) is 2.04. The van der Waals surface area contributed by atoms with Gasteiger partial charge in [0.05, 0.1) is 17.2 Å². The van der Waals surface area contributed by atoms with Gasteiger partial charge in [-0.1, -0.05) is 23.2 Å². The molecule has 0 unspecified atom stereocenters.